The fraction of sp³-hybridized carbons (Fsp3) is 0.673. The lowest BCUT2D eigenvalue weighted by Crippen LogP contribution is -2.46. The van der Waals surface area contributed by atoms with Crippen LogP contribution in [0.2, 0.25) is 0 Å². The first kappa shape index (κ1) is 67.3. The number of ether oxygens (including phenoxy) is 11. The van der Waals surface area contributed by atoms with E-state index in [1.165, 1.54) is 13.3 Å². The molecule has 0 radical (unpaired) electrons. The number of aromatic nitrogens is 3. The van der Waals surface area contributed by atoms with Crippen LogP contribution in [0.25, 0.3) is 0 Å². The number of pyridine rings is 3. The van der Waals surface area contributed by atoms with Crippen molar-refractivity contribution in [3.8, 4) is 34.9 Å². The first-order valence-electron chi connectivity index (χ1n) is 25.6. The van der Waals surface area contributed by atoms with Crippen molar-refractivity contribution in [2.45, 2.75) is 145 Å². The zero-order valence-corrected chi connectivity index (χ0v) is 48.3. The number of amides is 2. The summed E-state index contributed by atoms with van der Waals surface area (Å²) in [7, 11) is 9.58. The van der Waals surface area contributed by atoms with E-state index in [0.29, 0.717) is 93.0 Å². The summed E-state index contributed by atoms with van der Waals surface area (Å²) in [4.78, 5) is 50.0. The fourth-order valence-corrected chi connectivity index (χ4v) is 6.48. The Morgan fingerprint density at radius 2 is 0.907 bits per heavy atom. The molecule has 0 aliphatic rings. The van der Waals surface area contributed by atoms with Crippen LogP contribution >= 0.6 is 0 Å². The highest BCUT2D eigenvalue weighted by molar-refractivity contribution is 6.01. The van der Waals surface area contributed by atoms with Gasteiger partial charge in [0.2, 0.25) is 0 Å². The summed E-state index contributed by atoms with van der Waals surface area (Å²) in [5, 5.41) is 5.60. The van der Waals surface area contributed by atoms with Crippen LogP contribution in [0, 0.1) is 17.8 Å². The molecule has 3 rings (SSSR count). The standard InChI is InChI=1S/C20H32N2O6.C20H34N2O5.C15H26N2O3/c1-13(2)16(22-19(24)28-20(3,4)5)17(23)14-11-15(18(26-7)21-12-14)27-10-8-9-25-6;1-14(2)16(22-19(23)27-20(3,4)5)11-15-12-17(18(25-7)21-13-15)26-10-8-9-24-6;1-11(2)13(16)8-12-9-14(15(19-4)17-10-12)20-7-5-6-18-3/h11-13,16H,8-10H2,1-7H3,(H,22,24);12-14,16H,8-11H2,1-7H3,(H,22,23);9-11,13H,5-8,16H2,1-4H3/t2*16-;13-/m100/s1. The second kappa shape index (κ2) is 35.5. The van der Waals surface area contributed by atoms with E-state index in [1.54, 1.807) is 74.8 Å². The van der Waals surface area contributed by atoms with Gasteiger partial charge in [-0.05, 0) is 101 Å². The molecule has 0 aliphatic carbocycles. The van der Waals surface area contributed by atoms with Gasteiger partial charge in [-0.25, -0.2) is 24.5 Å². The molecule has 0 aliphatic heterocycles. The van der Waals surface area contributed by atoms with Gasteiger partial charge < -0.3 is 68.5 Å². The molecule has 0 saturated heterocycles. The zero-order chi connectivity index (χ0) is 56.7. The van der Waals surface area contributed by atoms with E-state index < -0.39 is 29.4 Å². The third-order valence-electron chi connectivity index (χ3n) is 10.6. The molecule has 3 atom stereocenters. The number of hydrogen-bond donors (Lipinski definition) is 3. The Morgan fingerprint density at radius 3 is 1.27 bits per heavy atom. The van der Waals surface area contributed by atoms with Crippen LogP contribution in [0.1, 0.15) is 124 Å². The number of nitrogens with two attached hydrogens (primary N) is 1. The number of hydrogen-bond acceptors (Lipinski definition) is 18. The lowest BCUT2D eigenvalue weighted by Gasteiger charge is -2.26. The van der Waals surface area contributed by atoms with Gasteiger partial charge in [-0.2, -0.15) is 0 Å². The predicted octanol–water partition coefficient (Wildman–Crippen LogP) is 8.87. The third-order valence-corrected chi connectivity index (χ3v) is 10.6. The number of nitrogens with one attached hydrogen (secondary N) is 2. The Hall–Kier alpha value is -5.70. The van der Waals surface area contributed by atoms with Gasteiger partial charge >= 0.3 is 12.2 Å². The van der Waals surface area contributed by atoms with Gasteiger partial charge in [0.25, 0.3) is 17.6 Å². The van der Waals surface area contributed by atoms with Gasteiger partial charge in [0.1, 0.15) is 11.2 Å². The lowest BCUT2D eigenvalue weighted by atomic mass is 9.96. The summed E-state index contributed by atoms with van der Waals surface area (Å²) in [6, 6.07) is 4.72. The maximum atomic E-state index is 13.0. The molecule has 3 heterocycles. The minimum atomic E-state index is -0.758. The molecule has 426 valence electrons. The molecule has 0 unspecified atom stereocenters. The summed E-state index contributed by atoms with van der Waals surface area (Å²) < 4.78 is 58.5. The SMILES string of the molecule is COCCCOc1cc(C(=O)[C@H](NC(=O)OC(C)(C)C)C(C)C)cnc1OC.COCCCOc1cc(C[C@H](N)C(C)C)cnc1OC.COCCCOc1cc(C[C@H](NC(=O)OC(C)(C)C)C(C)C)cnc1OC. The van der Waals surface area contributed by atoms with Crippen molar-refractivity contribution in [3.63, 3.8) is 0 Å². The number of rotatable bonds is 29. The molecule has 0 fully saturated rings. The fourth-order valence-electron chi connectivity index (χ4n) is 6.48. The van der Waals surface area contributed by atoms with E-state index in [9.17, 15) is 14.4 Å². The summed E-state index contributed by atoms with van der Waals surface area (Å²) in [6.45, 7) is 26.2. The molecule has 0 saturated carbocycles. The second-order valence-corrected chi connectivity index (χ2v) is 20.6. The molecular formula is C55H92N6O14. The van der Waals surface area contributed by atoms with Gasteiger partial charge in [-0.1, -0.05) is 41.5 Å². The van der Waals surface area contributed by atoms with Crippen LogP contribution in [0.3, 0.4) is 0 Å². The molecule has 3 aromatic rings. The van der Waals surface area contributed by atoms with Gasteiger partial charge in [-0.15, -0.1) is 0 Å². The van der Waals surface area contributed by atoms with E-state index >= 15 is 0 Å². The molecule has 4 N–H and O–H groups in total. The minimum Gasteiger partial charge on any atom is -0.488 e. The first-order chi connectivity index (χ1) is 35.3. The molecule has 75 heavy (non-hydrogen) atoms. The van der Waals surface area contributed by atoms with Crippen LogP contribution in [0.5, 0.6) is 34.9 Å². The number of Topliss-reactive ketones (excluding diaryl/α,β-unsaturated/α-hetero) is 1. The van der Waals surface area contributed by atoms with E-state index in [0.717, 1.165) is 30.4 Å². The number of nitrogens with zero attached hydrogens (tertiary/aromatic N) is 3. The molecule has 3 aromatic heterocycles. The van der Waals surface area contributed by atoms with Crippen molar-refractivity contribution >= 4 is 18.0 Å². The Kier molecular flexibility index (Phi) is 31.9. The van der Waals surface area contributed by atoms with Gasteiger partial charge in [-0.3, -0.25) is 4.79 Å². The summed E-state index contributed by atoms with van der Waals surface area (Å²) in [5.41, 5.74) is 7.24. The highest BCUT2D eigenvalue weighted by Crippen LogP contribution is 2.29. The Labute approximate surface area is 447 Å². The maximum Gasteiger partial charge on any atom is 0.408 e. The van der Waals surface area contributed by atoms with E-state index in [2.05, 4.69) is 53.3 Å². The molecule has 0 bridgehead atoms. The lowest BCUT2D eigenvalue weighted by molar-refractivity contribution is 0.0471. The van der Waals surface area contributed by atoms with Crippen LogP contribution < -0.4 is 44.8 Å². The van der Waals surface area contributed by atoms with Crippen LogP contribution in [-0.4, -0.2) is 145 Å². The average Bonchev–Trinajstić information content (AvgIpc) is 3.33. The second-order valence-electron chi connectivity index (χ2n) is 20.6. The van der Waals surface area contributed by atoms with Crippen LogP contribution in [0.15, 0.2) is 36.8 Å². The monoisotopic (exact) mass is 1060 g/mol. The van der Waals surface area contributed by atoms with Crippen molar-refractivity contribution in [1.29, 1.82) is 0 Å². The van der Waals surface area contributed by atoms with E-state index in [1.807, 2.05) is 46.8 Å². The largest absolute Gasteiger partial charge is 0.488 e. The van der Waals surface area contributed by atoms with Crippen molar-refractivity contribution in [1.82, 2.24) is 25.6 Å². The molecule has 0 spiro atoms. The number of alkyl carbamates (subject to hydrolysis) is 2. The van der Waals surface area contributed by atoms with Gasteiger partial charge in [0.15, 0.2) is 23.0 Å². The zero-order valence-electron chi connectivity index (χ0n) is 48.3. The molecule has 0 aromatic carbocycles. The Morgan fingerprint density at radius 1 is 0.520 bits per heavy atom. The highest BCUT2D eigenvalue weighted by atomic mass is 16.6. The van der Waals surface area contributed by atoms with Crippen LogP contribution in [-0.2, 0) is 36.5 Å². The van der Waals surface area contributed by atoms with Gasteiger partial charge in [0.05, 0.1) is 47.2 Å². The predicted molar refractivity (Wildman–Crippen MR) is 289 cm³/mol. The molecular weight excluding hydrogens is 969 g/mol. The van der Waals surface area contributed by atoms with E-state index in [-0.39, 0.29) is 35.6 Å². The normalized spacial score (nSPS) is 12.5. The molecule has 2 amide bonds. The van der Waals surface area contributed by atoms with E-state index in [4.69, 9.17) is 57.8 Å². The highest BCUT2D eigenvalue weighted by Gasteiger charge is 2.29. The average molecular weight is 1060 g/mol. The summed E-state index contributed by atoms with van der Waals surface area (Å²) in [6.07, 6.45) is 7.58. The summed E-state index contributed by atoms with van der Waals surface area (Å²) >= 11 is 0. The Balaban J connectivity index is 0.000000571. The van der Waals surface area contributed by atoms with Crippen molar-refractivity contribution in [2.75, 3.05) is 82.3 Å². The number of carbonyl (C=O) groups excluding carboxylic acids is 3. The van der Waals surface area contributed by atoms with Crippen molar-refractivity contribution in [3.05, 3.63) is 53.5 Å². The number of methoxy groups -OCH3 is 6. The Bertz CT molecular complexity index is 2090. The van der Waals surface area contributed by atoms with Crippen LogP contribution in [0.4, 0.5) is 9.59 Å². The maximum absolute atomic E-state index is 13.0. The molecule has 20 heteroatoms. The topological polar surface area (TPSA) is 241 Å². The minimum absolute atomic E-state index is 0.0867. The summed E-state index contributed by atoms with van der Waals surface area (Å²) in [5.74, 6) is 3.09. The third kappa shape index (κ3) is 28.1. The molecule has 20 nitrogen and oxygen atoms in total. The van der Waals surface area contributed by atoms with Crippen molar-refractivity contribution < 1.29 is 66.5 Å². The quantitative estimate of drug-likeness (QED) is 0.0434. The number of ketones is 1. The van der Waals surface area contributed by atoms with Crippen molar-refractivity contribution in [2.24, 2.45) is 23.5 Å². The first-order valence-corrected chi connectivity index (χ1v) is 25.6. The smallest absolute Gasteiger partial charge is 0.408 e. The van der Waals surface area contributed by atoms with Gasteiger partial charge in [0, 0.05) is 96.7 Å². The number of carbonyl (C=O) groups is 3.